The number of hydrogen-bond donors (Lipinski definition) is 0. The molecular formula is C36H48FN3O4. The van der Waals surface area contributed by atoms with Crippen LogP contribution in [0, 0.1) is 17.8 Å². The minimum Gasteiger partial charge on any atom is -0.378 e. The zero-order chi connectivity index (χ0) is 29.8. The second kappa shape index (κ2) is 12.1. The highest BCUT2D eigenvalue weighted by atomic mass is 19.1. The van der Waals surface area contributed by atoms with Crippen LogP contribution in [0.2, 0.25) is 0 Å². The Morgan fingerprint density at radius 1 is 0.909 bits per heavy atom. The van der Waals surface area contributed by atoms with Crippen molar-refractivity contribution in [3.63, 3.8) is 0 Å². The molecule has 0 N–H and O–H groups in total. The molecule has 7 aliphatic rings. The molecule has 6 fully saturated rings. The molecule has 4 heterocycles. The van der Waals surface area contributed by atoms with Crippen LogP contribution in [0.4, 0.5) is 4.39 Å². The number of amides is 1. The van der Waals surface area contributed by atoms with E-state index >= 15 is 4.39 Å². The summed E-state index contributed by atoms with van der Waals surface area (Å²) in [6, 6.07) is 10.5. The normalized spacial score (nSPS) is 40.6. The van der Waals surface area contributed by atoms with Gasteiger partial charge in [-0.1, -0.05) is 56.0 Å². The van der Waals surface area contributed by atoms with Crippen LogP contribution in [0.25, 0.3) is 0 Å². The standard InChI is InChI=1S/C36H48FN3O4/c37-29-21-27-32-35(33(29)39-14-6-11-26(39)13-12-23-7-2-1-3-8-23)44-31-20-25-10-5-4-9-24(25)19-30(31)40(32)22-28(34(27)41)36(42)38-15-17-43-18-16-38/h1-3,7-8,22,24-27,29-33,35H,4-6,9-21H2/t24?,25?,26-,27?,29?,30?,31?,32?,33?,35?/m0/s1. The predicted octanol–water partition coefficient (Wildman–Crippen LogP) is 4.54. The van der Waals surface area contributed by atoms with Gasteiger partial charge in [0.05, 0.1) is 49.1 Å². The van der Waals surface area contributed by atoms with E-state index in [1.807, 2.05) is 6.20 Å². The number of rotatable bonds is 5. The van der Waals surface area contributed by atoms with Gasteiger partial charge in [0, 0.05) is 31.2 Å². The van der Waals surface area contributed by atoms with Crippen LogP contribution in [0.15, 0.2) is 42.1 Å². The molecule has 0 bridgehead atoms. The van der Waals surface area contributed by atoms with E-state index in [4.69, 9.17) is 9.47 Å². The number of ether oxygens (including phenoxy) is 2. The molecule has 0 spiro atoms. The Kier molecular flexibility index (Phi) is 8.04. The maximum Gasteiger partial charge on any atom is 0.259 e. The molecular weight excluding hydrogens is 557 g/mol. The first-order valence-corrected chi connectivity index (χ1v) is 17.6. The number of carbonyl (C=O) groups is 2. The van der Waals surface area contributed by atoms with Gasteiger partial charge < -0.3 is 19.3 Å². The number of fused-ring (bicyclic) bond motifs is 3. The molecule has 238 valence electrons. The first kappa shape index (κ1) is 29.1. The predicted molar refractivity (Wildman–Crippen MR) is 165 cm³/mol. The smallest absolute Gasteiger partial charge is 0.259 e. The zero-order valence-electron chi connectivity index (χ0n) is 25.9. The van der Waals surface area contributed by atoms with Crippen molar-refractivity contribution in [2.24, 2.45) is 17.8 Å². The third kappa shape index (κ3) is 5.13. The molecule has 44 heavy (non-hydrogen) atoms. The number of morpholine rings is 2. The summed E-state index contributed by atoms with van der Waals surface area (Å²) >= 11 is 0. The molecule has 8 rings (SSSR count). The average Bonchev–Trinajstić information content (AvgIpc) is 3.52. The molecule has 1 aromatic carbocycles. The molecule has 1 amide bonds. The van der Waals surface area contributed by atoms with Gasteiger partial charge in [-0.05, 0) is 68.9 Å². The lowest BCUT2D eigenvalue weighted by Gasteiger charge is -2.62. The van der Waals surface area contributed by atoms with E-state index in [2.05, 4.69) is 40.1 Å². The number of alkyl halides is 1. The lowest BCUT2D eigenvalue weighted by molar-refractivity contribution is -0.222. The first-order chi connectivity index (χ1) is 21.6. The molecule has 9 unspecified atom stereocenters. The summed E-state index contributed by atoms with van der Waals surface area (Å²) in [6.45, 7) is 2.84. The number of ketones is 1. The number of likely N-dealkylation sites (tertiary alicyclic amines) is 1. The number of halogens is 1. The average molecular weight is 606 g/mol. The van der Waals surface area contributed by atoms with Crippen molar-refractivity contribution in [1.82, 2.24) is 14.7 Å². The van der Waals surface area contributed by atoms with Gasteiger partial charge in [-0.2, -0.15) is 0 Å². The van der Waals surface area contributed by atoms with E-state index in [1.54, 1.807) is 4.90 Å². The minimum absolute atomic E-state index is 0.0126. The van der Waals surface area contributed by atoms with Crippen molar-refractivity contribution in [3.8, 4) is 0 Å². The molecule has 7 nitrogen and oxygen atoms in total. The molecule has 8 heteroatoms. The Balaban J connectivity index is 1.12. The topological polar surface area (TPSA) is 62.3 Å². The Morgan fingerprint density at radius 2 is 1.68 bits per heavy atom. The number of benzene rings is 1. The minimum atomic E-state index is -1.16. The number of aryl methyl sites for hydroxylation is 1. The summed E-state index contributed by atoms with van der Waals surface area (Å²) < 4.78 is 29.3. The lowest BCUT2D eigenvalue weighted by atomic mass is 9.64. The van der Waals surface area contributed by atoms with E-state index in [9.17, 15) is 9.59 Å². The number of nitrogens with zero attached hydrogens (tertiary/aromatic N) is 3. The summed E-state index contributed by atoms with van der Waals surface area (Å²) in [5.41, 5.74) is 1.58. The zero-order valence-corrected chi connectivity index (χ0v) is 25.9. The van der Waals surface area contributed by atoms with Crippen LogP contribution in [-0.4, -0.2) is 102 Å². The molecule has 4 aliphatic heterocycles. The Morgan fingerprint density at radius 3 is 2.48 bits per heavy atom. The van der Waals surface area contributed by atoms with Gasteiger partial charge >= 0.3 is 0 Å². The summed E-state index contributed by atoms with van der Waals surface area (Å²) in [5, 5.41) is 0. The summed E-state index contributed by atoms with van der Waals surface area (Å²) in [7, 11) is 0. The van der Waals surface area contributed by atoms with E-state index in [0.29, 0.717) is 44.2 Å². The van der Waals surface area contributed by atoms with Crippen molar-refractivity contribution in [3.05, 3.63) is 47.7 Å². The third-order valence-corrected chi connectivity index (χ3v) is 12.4. The van der Waals surface area contributed by atoms with Gasteiger partial charge in [0.2, 0.25) is 0 Å². The van der Waals surface area contributed by atoms with Crippen LogP contribution in [0.3, 0.4) is 0 Å². The molecule has 0 aromatic heterocycles. The third-order valence-electron chi connectivity index (χ3n) is 12.4. The van der Waals surface area contributed by atoms with Crippen LogP contribution < -0.4 is 0 Å². The van der Waals surface area contributed by atoms with Crippen LogP contribution in [0.1, 0.15) is 69.8 Å². The summed E-state index contributed by atoms with van der Waals surface area (Å²) in [4.78, 5) is 34.5. The fraction of sp³-hybridized carbons (Fsp3) is 0.722. The van der Waals surface area contributed by atoms with Crippen molar-refractivity contribution in [2.45, 2.75) is 113 Å². The second-order valence-electron chi connectivity index (χ2n) is 14.6. The Bertz CT molecular complexity index is 1250. The molecule has 3 saturated carbocycles. The van der Waals surface area contributed by atoms with Gasteiger partial charge in [0.1, 0.15) is 6.17 Å². The van der Waals surface area contributed by atoms with Crippen molar-refractivity contribution in [2.75, 3.05) is 32.8 Å². The summed E-state index contributed by atoms with van der Waals surface area (Å²) in [6.07, 6.45) is 11.8. The number of carbonyl (C=O) groups excluding carboxylic acids is 2. The fourth-order valence-electron chi connectivity index (χ4n) is 10.3. The number of Topliss-reactive ketones (excluding diaryl/α,β-unsaturated/α-hetero) is 1. The van der Waals surface area contributed by atoms with Crippen molar-refractivity contribution >= 4 is 11.7 Å². The van der Waals surface area contributed by atoms with E-state index in [-0.39, 0.29) is 54.0 Å². The summed E-state index contributed by atoms with van der Waals surface area (Å²) in [5.74, 6) is 0.398. The van der Waals surface area contributed by atoms with E-state index in [1.165, 1.54) is 31.2 Å². The van der Waals surface area contributed by atoms with Gasteiger partial charge in [-0.3, -0.25) is 14.5 Å². The molecule has 3 aliphatic carbocycles. The SMILES string of the molecule is O=C1C(C(=O)N2CCOCC2)=CN2C3CC4CCCCC4CC3OC3C2C1CC(F)C3N1CCC[C@H]1CCc1ccccc1. The maximum atomic E-state index is 16.7. The first-order valence-electron chi connectivity index (χ1n) is 17.6. The van der Waals surface area contributed by atoms with Gasteiger partial charge in [0.15, 0.2) is 5.78 Å². The van der Waals surface area contributed by atoms with Gasteiger partial charge in [-0.15, -0.1) is 0 Å². The van der Waals surface area contributed by atoms with Crippen LogP contribution in [0.5, 0.6) is 0 Å². The van der Waals surface area contributed by atoms with Gasteiger partial charge in [-0.25, -0.2) is 4.39 Å². The monoisotopic (exact) mass is 605 g/mol. The largest absolute Gasteiger partial charge is 0.378 e. The van der Waals surface area contributed by atoms with Crippen molar-refractivity contribution < 1.29 is 23.5 Å². The highest BCUT2D eigenvalue weighted by molar-refractivity contribution is 6.20. The number of hydrogen-bond acceptors (Lipinski definition) is 6. The Hall–Kier alpha value is -2.29. The van der Waals surface area contributed by atoms with Crippen LogP contribution in [-0.2, 0) is 25.5 Å². The molecule has 3 saturated heterocycles. The van der Waals surface area contributed by atoms with Crippen LogP contribution >= 0.6 is 0 Å². The molecule has 1 aromatic rings. The quantitative estimate of drug-likeness (QED) is 0.460. The second-order valence-corrected chi connectivity index (χ2v) is 14.6. The van der Waals surface area contributed by atoms with E-state index in [0.717, 1.165) is 45.1 Å². The Labute approximate surface area is 261 Å². The highest BCUT2D eigenvalue weighted by Crippen LogP contribution is 2.51. The molecule has 0 radical (unpaired) electrons. The van der Waals surface area contributed by atoms with Gasteiger partial charge in [0.25, 0.3) is 5.91 Å². The molecule has 10 atom stereocenters. The maximum absolute atomic E-state index is 16.7. The fourth-order valence-corrected chi connectivity index (χ4v) is 10.3. The lowest BCUT2D eigenvalue weighted by Crippen LogP contribution is -2.74. The van der Waals surface area contributed by atoms with Crippen molar-refractivity contribution in [1.29, 1.82) is 0 Å². The van der Waals surface area contributed by atoms with E-state index < -0.39 is 12.1 Å². The highest BCUT2D eigenvalue weighted by Gasteiger charge is 2.61.